The highest BCUT2D eigenvalue weighted by Crippen LogP contribution is 2.28. The van der Waals surface area contributed by atoms with Crippen LogP contribution in [0.15, 0.2) is 55.0 Å². The SMILES string of the molecule is CC(C)(C)OC(=O)n1cc(-c2ccnc3[nH]c(-c4ccccc4)nc23)cn1. The molecular formula is C20H19N5O2. The molecule has 0 unspecified atom stereocenters. The Balaban J connectivity index is 1.72. The average molecular weight is 361 g/mol. The van der Waals surface area contributed by atoms with Crippen LogP contribution in [-0.4, -0.2) is 36.4 Å². The Bertz CT molecular complexity index is 1110. The summed E-state index contributed by atoms with van der Waals surface area (Å²) >= 11 is 0. The van der Waals surface area contributed by atoms with Crippen LogP contribution >= 0.6 is 0 Å². The van der Waals surface area contributed by atoms with E-state index in [2.05, 4.69) is 15.1 Å². The summed E-state index contributed by atoms with van der Waals surface area (Å²) in [5, 5.41) is 4.13. The number of H-pyrrole nitrogens is 1. The van der Waals surface area contributed by atoms with Gasteiger partial charge in [0.05, 0.1) is 6.20 Å². The van der Waals surface area contributed by atoms with Gasteiger partial charge in [-0.3, -0.25) is 0 Å². The van der Waals surface area contributed by atoms with Crippen molar-refractivity contribution in [2.24, 2.45) is 0 Å². The van der Waals surface area contributed by atoms with Gasteiger partial charge in [-0.2, -0.15) is 9.78 Å². The molecule has 3 heterocycles. The van der Waals surface area contributed by atoms with Gasteiger partial charge in [0.1, 0.15) is 16.9 Å². The Morgan fingerprint density at radius 2 is 1.89 bits per heavy atom. The molecule has 7 nitrogen and oxygen atoms in total. The van der Waals surface area contributed by atoms with E-state index in [1.54, 1.807) is 18.6 Å². The fraction of sp³-hybridized carbons (Fsp3) is 0.200. The van der Waals surface area contributed by atoms with Crippen molar-refractivity contribution < 1.29 is 9.53 Å². The molecule has 0 amide bonds. The summed E-state index contributed by atoms with van der Waals surface area (Å²) in [6, 6.07) is 11.7. The van der Waals surface area contributed by atoms with Crippen LogP contribution in [0.25, 0.3) is 33.7 Å². The first-order valence-electron chi connectivity index (χ1n) is 8.59. The predicted octanol–water partition coefficient (Wildman–Crippen LogP) is 4.27. The van der Waals surface area contributed by atoms with Gasteiger partial charge in [0.2, 0.25) is 0 Å². The van der Waals surface area contributed by atoms with Crippen molar-refractivity contribution in [2.75, 3.05) is 0 Å². The first kappa shape index (κ1) is 17.0. The molecule has 0 aliphatic rings. The van der Waals surface area contributed by atoms with Crippen molar-refractivity contribution in [1.82, 2.24) is 24.7 Å². The number of aromatic nitrogens is 5. The van der Waals surface area contributed by atoms with Crippen molar-refractivity contribution in [3.05, 3.63) is 55.0 Å². The Morgan fingerprint density at radius 1 is 1.11 bits per heavy atom. The number of carbonyl (C=O) groups is 1. The maximum absolute atomic E-state index is 12.2. The quantitative estimate of drug-likeness (QED) is 0.576. The van der Waals surface area contributed by atoms with Crippen LogP contribution in [0.4, 0.5) is 4.79 Å². The summed E-state index contributed by atoms with van der Waals surface area (Å²) < 4.78 is 6.54. The first-order valence-corrected chi connectivity index (χ1v) is 8.59. The number of fused-ring (bicyclic) bond motifs is 1. The van der Waals surface area contributed by atoms with E-state index < -0.39 is 11.7 Å². The summed E-state index contributed by atoms with van der Waals surface area (Å²) in [5.41, 5.74) is 3.40. The Morgan fingerprint density at radius 3 is 2.63 bits per heavy atom. The van der Waals surface area contributed by atoms with E-state index in [0.717, 1.165) is 28.0 Å². The molecule has 0 aliphatic carbocycles. The lowest BCUT2D eigenvalue weighted by Crippen LogP contribution is -2.27. The molecule has 4 aromatic rings. The third kappa shape index (κ3) is 3.44. The van der Waals surface area contributed by atoms with Crippen LogP contribution in [0, 0.1) is 0 Å². The normalized spacial score (nSPS) is 11.7. The van der Waals surface area contributed by atoms with Crippen LogP contribution in [0.1, 0.15) is 20.8 Å². The number of benzene rings is 1. The van der Waals surface area contributed by atoms with Gasteiger partial charge >= 0.3 is 6.09 Å². The topological polar surface area (TPSA) is 85.7 Å². The molecule has 0 bridgehead atoms. The van der Waals surface area contributed by atoms with Crippen molar-refractivity contribution in [2.45, 2.75) is 26.4 Å². The Hall–Kier alpha value is -3.48. The van der Waals surface area contributed by atoms with E-state index in [1.807, 2.05) is 57.2 Å². The lowest BCUT2D eigenvalue weighted by molar-refractivity contribution is 0.0514. The molecule has 27 heavy (non-hydrogen) atoms. The summed E-state index contributed by atoms with van der Waals surface area (Å²) in [6.07, 6.45) is 4.44. The van der Waals surface area contributed by atoms with E-state index >= 15 is 0 Å². The third-order valence-electron chi connectivity index (χ3n) is 3.91. The van der Waals surface area contributed by atoms with Crippen LogP contribution in [0.2, 0.25) is 0 Å². The zero-order chi connectivity index (χ0) is 19.0. The second-order valence-electron chi connectivity index (χ2n) is 7.16. The number of carbonyl (C=O) groups excluding carboxylic acids is 1. The third-order valence-corrected chi connectivity index (χ3v) is 3.91. The molecule has 0 spiro atoms. The van der Waals surface area contributed by atoms with Gasteiger partial charge in [-0.15, -0.1) is 0 Å². The van der Waals surface area contributed by atoms with Crippen molar-refractivity contribution in [3.8, 4) is 22.5 Å². The zero-order valence-corrected chi connectivity index (χ0v) is 15.3. The fourth-order valence-corrected chi connectivity index (χ4v) is 2.75. The van der Waals surface area contributed by atoms with E-state index in [-0.39, 0.29) is 0 Å². The van der Waals surface area contributed by atoms with Crippen LogP contribution < -0.4 is 0 Å². The monoisotopic (exact) mass is 361 g/mol. The van der Waals surface area contributed by atoms with Gasteiger partial charge in [0.25, 0.3) is 0 Å². The van der Waals surface area contributed by atoms with Gasteiger partial charge < -0.3 is 9.72 Å². The average Bonchev–Trinajstić information content (AvgIpc) is 3.28. The number of hydrogen-bond acceptors (Lipinski definition) is 5. The minimum Gasteiger partial charge on any atom is -0.442 e. The lowest BCUT2D eigenvalue weighted by atomic mass is 10.1. The van der Waals surface area contributed by atoms with Gasteiger partial charge in [-0.25, -0.2) is 14.8 Å². The molecule has 0 saturated heterocycles. The summed E-state index contributed by atoms with van der Waals surface area (Å²) in [4.78, 5) is 24.5. The molecule has 0 saturated carbocycles. The van der Waals surface area contributed by atoms with Gasteiger partial charge in [0, 0.05) is 29.1 Å². The number of pyridine rings is 1. The lowest BCUT2D eigenvalue weighted by Gasteiger charge is -2.18. The number of nitrogens with zero attached hydrogens (tertiary/aromatic N) is 4. The largest absolute Gasteiger partial charge is 0.442 e. The highest BCUT2D eigenvalue weighted by atomic mass is 16.6. The number of ether oxygens (including phenoxy) is 1. The molecule has 136 valence electrons. The molecule has 4 rings (SSSR count). The molecule has 0 radical (unpaired) electrons. The number of imidazole rings is 1. The van der Waals surface area contributed by atoms with Gasteiger partial charge in [-0.1, -0.05) is 30.3 Å². The maximum atomic E-state index is 12.2. The van der Waals surface area contributed by atoms with Crippen molar-refractivity contribution in [1.29, 1.82) is 0 Å². The highest BCUT2D eigenvalue weighted by molar-refractivity contribution is 5.91. The van der Waals surface area contributed by atoms with E-state index in [4.69, 9.17) is 9.72 Å². The molecule has 1 aromatic carbocycles. The molecule has 0 atom stereocenters. The highest BCUT2D eigenvalue weighted by Gasteiger charge is 2.19. The van der Waals surface area contributed by atoms with Crippen LogP contribution in [0.5, 0.6) is 0 Å². The zero-order valence-electron chi connectivity index (χ0n) is 15.3. The number of hydrogen-bond donors (Lipinski definition) is 1. The smallest absolute Gasteiger partial charge is 0.435 e. The van der Waals surface area contributed by atoms with Crippen LogP contribution in [-0.2, 0) is 4.74 Å². The number of aromatic amines is 1. The summed E-state index contributed by atoms with van der Waals surface area (Å²) in [5.74, 6) is 0.741. The Kier molecular flexibility index (Phi) is 3.99. The number of nitrogens with one attached hydrogen (secondary N) is 1. The van der Waals surface area contributed by atoms with Crippen molar-refractivity contribution in [3.63, 3.8) is 0 Å². The summed E-state index contributed by atoms with van der Waals surface area (Å²) in [7, 11) is 0. The van der Waals surface area contributed by atoms with Crippen LogP contribution in [0.3, 0.4) is 0 Å². The van der Waals surface area contributed by atoms with Crippen molar-refractivity contribution >= 4 is 17.3 Å². The molecule has 1 N–H and O–H groups in total. The maximum Gasteiger partial charge on any atom is 0.435 e. The predicted molar refractivity (Wildman–Crippen MR) is 102 cm³/mol. The molecule has 7 heteroatoms. The second-order valence-corrected chi connectivity index (χ2v) is 7.16. The molecular weight excluding hydrogens is 342 g/mol. The standard InChI is InChI=1S/C20H19N5O2/c1-20(2,3)27-19(26)25-12-14(11-22-25)15-9-10-21-18-16(15)23-17(24-18)13-7-5-4-6-8-13/h4-12H,1-3H3,(H,21,23,24). The first-order chi connectivity index (χ1) is 12.9. The van der Waals surface area contributed by atoms with E-state index in [1.165, 1.54) is 4.68 Å². The molecule has 0 aliphatic heterocycles. The van der Waals surface area contributed by atoms with E-state index in [0.29, 0.717) is 5.65 Å². The molecule has 3 aromatic heterocycles. The van der Waals surface area contributed by atoms with E-state index in [9.17, 15) is 4.79 Å². The fourth-order valence-electron chi connectivity index (χ4n) is 2.75. The summed E-state index contributed by atoms with van der Waals surface area (Å²) in [6.45, 7) is 5.45. The minimum atomic E-state index is -0.583. The second kappa shape index (κ2) is 6.35. The minimum absolute atomic E-state index is 0.522. The Labute approximate surface area is 156 Å². The number of rotatable bonds is 2. The molecule has 0 fully saturated rings. The van der Waals surface area contributed by atoms with Gasteiger partial charge in [-0.05, 0) is 26.8 Å². The van der Waals surface area contributed by atoms with Gasteiger partial charge in [0.15, 0.2) is 5.65 Å².